The second-order valence-corrected chi connectivity index (χ2v) is 7.10. The standard InChI is InChI=1S/C15H11ClF3NO5S/c16-10-3-6-13(25-8-15(17,18)19)12(7-10)20-26(23,24)11-4-1-9(2-5-11)14(21)22/h1-7,20H,8H2,(H,21,22). The lowest BCUT2D eigenvalue weighted by atomic mass is 10.2. The van der Waals surface area contributed by atoms with Gasteiger partial charge in [-0.15, -0.1) is 0 Å². The fourth-order valence-corrected chi connectivity index (χ4v) is 3.08. The zero-order chi connectivity index (χ0) is 19.5. The van der Waals surface area contributed by atoms with Gasteiger partial charge in [-0.2, -0.15) is 13.2 Å². The molecule has 2 aromatic rings. The van der Waals surface area contributed by atoms with E-state index in [9.17, 15) is 26.4 Å². The van der Waals surface area contributed by atoms with Crippen LogP contribution >= 0.6 is 11.6 Å². The average Bonchev–Trinajstić information content (AvgIpc) is 2.53. The lowest BCUT2D eigenvalue weighted by molar-refractivity contribution is -0.153. The fourth-order valence-electron chi connectivity index (χ4n) is 1.85. The number of anilines is 1. The van der Waals surface area contributed by atoms with E-state index in [2.05, 4.69) is 9.46 Å². The molecule has 11 heteroatoms. The molecule has 0 unspecified atom stereocenters. The van der Waals surface area contributed by atoms with Crippen molar-refractivity contribution in [3.05, 3.63) is 53.1 Å². The lowest BCUT2D eigenvalue weighted by Crippen LogP contribution is -2.20. The molecular formula is C15H11ClF3NO5S. The van der Waals surface area contributed by atoms with Gasteiger partial charge in [0.2, 0.25) is 0 Å². The van der Waals surface area contributed by atoms with Crippen LogP contribution in [-0.4, -0.2) is 32.3 Å². The minimum Gasteiger partial charge on any atom is -0.482 e. The summed E-state index contributed by atoms with van der Waals surface area (Å²) >= 11 is 5.76. The van der Waals surface area contributed by atoms with E-state index in [4.69, 9.17) is 16.7 Å². The van der Waals surface area contributed by atoms with Gasteiger partial charge < -0.3 is 9.84 Å². The van der Waals surface area contributed by atoms with E-state index in [0.717, 1.165) is 36.4 Å². The van der Waals surface area contributed by atoms with E-state index in [1.807, 2.05) is 0 Å². The number of sulfonamides is 1. The molecule has 140 valence electrons. The van der Waals surface area contributed by atoms with Gasteiger partial charge in [-0.25, -0.2) is 13.2 Å². The van der Waals surface area contributed by atoms with Crippen molar-refractivity contribution in [2.75, 3.05) is 11.3 Å². The first kappa shape index (κ1) is 19.9. The van der Waals surface area contributed by atoms with Crippen LogP contribution in [0.5, 0.6) is 5.75 Å². The van der Waals surface area contributed by atoms with Gasteiger partial charge in [-0.05, 0) is 42.5 Å². The highest BCUT2D eigenvalue weighted by molar-refractivity contribution is 7.92. The largest absolute Gasteiger partial charge is 0.482 e. The lowest BCUT2D eigenvalue weighted by Gasteiger charge is -2.15. The van der Waals surface area contributed by atoms with Gasteiger partial charge in [0.1, 0.15) is 5.75 Å². The first-order valence-corrected chi connectivity index (χ1v) is 8.69. The van der Waals surface area contributed by atoms with Crippen LogP contribution < -0.4 is 9.46 Å². The maximum Gasteiger partial charge on any atom is 0.422 e. The van der Waals surface area contributed by atoms with Gasteiger partial charge in [0.25, 0.3) is 10.0 Å². The topological polar surface area (TPSA) is 92.7 Å². The minimum atomic E-state index is -4.61. The summed E-state index contributed by atoms with van der Waals surface area (Å²) in [5, 5.41) is 8.89. The number of rotatable bonds is 6. The molecule has 0 atom stereocenters. The molecule has 6 nitrogen and oxygen atoms in total. The molecule has 2 N–H and O–H groups in total. The first-order chi connectivity index (χ1) is 12.0. The predicted octanol–water partition coefficient (Wildman–Crippen LogP) is 3.78. The Bertz CT molecular complexity index is 914. The van der Waals surface area contributed by atoms with Crippen molar-refractivity contribution in [3.8, 4) is 5.75 Å². The number of alkyl halides is 3. The molecule has 0 radical (unpaired) electrons. The van der Waals surface area contributed by atoms with Gasteiger partial charge in [0, 0.05) is 5.02 Å². The molecule has 0 saturated carbocycles. The Morgan fingerprint density at radius 2 is 1.77 bits per heavy atom. The second-order valence-electron chi connectivity index (χ2n) is 4.98. The minimum absolute atomic E-state index is 0.0725. The number of aromatic carboxylic acids is 1. The number of ether oxygens (including phenoxy) is 1. The van der Waals surface area contributed by atoms with Crippen LogP contribution in [0.15, 0.2) is 47.4 Å². The number of hydrogen-bond donors (Lipinski definition) is 2. The van der Waals surface area contributed by atoms with Crippen molar-refractivity contribution in [3.63, 3.8) is 0 Å². The van der Waals surface area contributed by atoms with Crippen molar-refractivity contribution in [2.45, 2.75) is 11.1 Å². The van der Waals surface area contributed by atoms with E-state index in [0.29, 0.717) is 0 Å². The monoisotopic (exact) mass is 409 g/mol. The Morgan fingerprint density at radius 3 is 2.31 bits per heavy atom. The van der Waals surface area contributed by atoms with E-state index in [1.54, 1.807) is 0 Å². The SMILES string of the molecule is O=C(O)c1ccc(S(=O)(=O)Nc2cc(Cl)ccc2OCC(F)(F)F)cc1. The summed E-state index contributed by atoms with van der Waals surface area (Å²) in [5.41, 5.74) is -0.412. The summed E-state index contributed by atoms with van der Waals surface area (Å²) in [4.78, 5) is 10.5. The highest BCUT2D eigenvalue weighted by atomic mass is 35.5. The zero-order valence-electron chi connectivity index (χ0n) is 12.7. The Hall–Kier alpha value is -2.46. The third-order valence-electron chi connectivity index (χ3n) is 2.99. The maximum absolute atomic E-state index is 12.4. The quantitative estimate of drug-likeness (QED) is 0.757. The number of hydrogen-bond acceptors (Lipinski definition) is 4. The van der Waals surface area contributed by atoms with Gasteiger partial charge in [-0.3, -0.25) is 4.72 Å². The summed E-state index contributed by atoms with van der Waals surface area (Å²) in [5.74, 6) is -1.60. The van der Waals surface area contributed by atoms with E-state index < -0.39 is 28.8 Å². The normalized spacial score (nSPS) is 11.8. The average molecular weight is 410 g/mol. The number of halogens is 4. The van der Waals surface area contributed by atoms with Crippen LogP contribution in [0.2, 0.25) is 5.02 Å². The molecule has 0 heterocycles. The molecule has 0 fully saturated rings. The Morgan fingerprint density at radius 1 is 1.15 bits per heavy atom. The van der Waals surface area contributed by atoms with Crippen molar-refractivity contribution >= 4 is 33.3 Å². The van der Waals surface area contributed by atoms with Crippen molar-refractivity contribution in [2.24, 2.45) is 0 Å². The van der Waals surface area contributed by atoms with Crippen LogP contribution in [0, 0.1) is 0 Å². The highest BCUT2D eigenvalue weighted by Crippen LogP contribution is 2.31. The highest BCUT2D eigenvalue weighted by Gasteiger charge is 2.29. The van der Waals surface area contributed by atoms with Gasteiger partial charge >= 0.3 is 12.1 Å². The maximum atomic E-state index is 12.4. The molecule has 0 saturated heterocycles. The molecule has 0 spiro atoms. The predicted molar refractivity (Wildman–Crippen MR) is 87.2 cm³/mol. The van der Waals surface area contributed by atoms with E-state index >= 15 is 0 Å². The summed E-state index contributed by atoms with van der Waals surface area (Å²) < 4.78 is 68.4. The molecule has 0 bridgehead atoms. The fraction of sp³-hybridized carbons (Fsp3) is 0.133. The third-order valence-corrected chi connectivity index (χ3v) is 4.61. The zero-order valence-corrected chi connectivity index (χ0v) is 14.3. The molecule has 0 aliphatic rings. The number of nitrogens with one attached hydrogen (secondary N) is 1. The number of carboxylic acid groups (broad SMARTS) is 1. The van der Waals surface area contributed by atoms with Crippen LogP contribution in [0.1, 0.15) is 10.4 Å². The molecule has 0 aromatic heterocycles. The van der Waals surface area contributed by atoms with E-state index in [1.165, 1.54) is 6.07 Å². The number of benzene rings is 2. The van der Waals surface area contributed by atoms with Crippen LogP contribution in [0.3, 0.4) is 0 Å². The molecule has 26 heavy (non-hydrogen) atoms. The Kier molecular flexibility index (Phi) is 5.67. The molecule has 0 amide bonds. The first-order valence-electron chi connectivity index (χ1n) is 6.83. The van der Waals surface area contributed by atoms with Crippen molar-refractivity contribution < 1.29 is 36.2 Å². The molecule has 2 rings (SSSR count). The Labute approximate surface area is 151 Å². The summed E-state index contributed by atoms with van der Waals surface area (Å²) in [7, 11) is -4.21. The third kappa shape index (κ3) is 5.27. The van der Waals surface area contributed by atoms with E-state index in [-0.39, 0.29) is 26.9 Å². The van der Waals surface area contributed by atoms with Crippen molar-refractivity contribution in [1.82, 2.24) is 0 Å². The molecule has 0 aliphatic heterocycles. The summed E-state index contributed by atoms with van der Waals surface area (Å²) in [6, 6.07) is 7.69. The number of carbonyl (C=O) groups is 1. The molecule has 2 aromatic carbocycles. The number of carboxylic acids is 1. The second kappa shape index (κ2) is 7.42. The van der Waals surface area contributed by atoms with Crippen LogP contribution in [-0.2, 0) is 10.0 Å². The Balaban J connectivity index is 2.30. The summed E-state index contributed by atoms with van der Waals surface area (Å²) in [6.45, 7) is -1.61. The van der Waals surface area contributed by atoms with Crippen LogP contribution in [0.4, 0.5) is 18.9 Å². The summed E-state index contributed by atoms with van der Waals surface area (Å²) in [6.07, 6.45) is -4.61. The van der Waals surface area contributed by atoms with Gasteiger partial charge in [0.15, 0.2) is 6.61 Å². The van der Waals surface area contributed by atoms with Crippen molar-refractivity contribution in [1.29, 1.82) is 0 Å². The molecular weight excluding hydrogens is 399 g/mol. The van der Waals surface area contributed by atoms with Gasteiger partial charge in [-0.1, -0.05) is 11.6 Å². The smallest absolute Gasteiger partial charge is 0.422 e. The van der Waals surface area contributed by atoms with Gasteiger partial charge in [0.05, 0.1) is 16.1 Å². The van der Waals surface area contributed by atoms with Crippen LogP contribution in [0.25, 0.3) is 0 Å². The molecule has 0 aliphatic carbocycles.